The fraction of sp³-hybridized carbons (Fsp3) is 0.385. The third kappa shape index (κ3) is 7.53. The van der Waals surface area contributed by atoms with Crippen molar-refractivity contribution in [2.24, 2.45) is 0 Å². The smallest absolute Gasteiger partial charge is 0.413 e. The van der Waals surface area contributed by atoms with Crippen molar-refractivity contribution in [2.45, 2.75) is 36.7 Å². The van der Waals surface area contributed by atoms with Gasteiger partial charge in [-0.25, -0.2) is 22.6 Å². The standard InChI is InChI=1S/C26H26F4N4O6S2/c1-34(25(37)40-2)16-7-3-14(4-8-16)17-11-20-19(12-18(17)27)33-24(41-20)22(42(38,39)10-9-26(28,29)30)23(36)31-13-21(35)32-15-5-6-15/h3-4,7-8,11-12,15,22H,5-6,9-10,13H2,1-2H3,(H,31,36)(H,32,35). The van der Waals surface area contributed by atoms with Gasteiger partial charge in [0.25, 0.3) is 0 Å². The number of carbonyl (C=O) groups is 3. The molecule has 1 atom stereocenters. The van der Waals surface area contributed by atoms with Crippen molar-refractivity contribution in [3.8, 4) is 11.1 Å². The number of carbonyl (C=O) groups excluding carboxylic acids is 3. The van der Waals surface area contributed by atoms with Gasteiger partial charge < -0.3 is 15.4 Å². The summed E-state index contributed by atoms with van der Waals surface area (Å²) in [5, 5.41) is 2.28. The van der Waals surface area contributed by atoms with E-state index in [1.54, 1.807) is 24.3 Å². The van der Waals surface area contributed by atoms with E-state index in [0.717, 1.165) is 18.9 Å². The average molecular weight is 631 g/mol. The van der Waals surface area contributed by atoms with E-state index >= 15 is 4.39 Å². The highest BCUT2D eigenvalue weighted by Crippen LogP contribution is 2.36. The van der Waals surface area contributed by atoms with Crippen LogP contribution in [0.15, 0.2) is 36.4 Å². The van der Waals surface area contributed by atoms with Crippen LogP contribution in [0.5, 0.6) is 0 Å². The largest absolute Gasteiger partial charge is 0.452 e. The van der Waals surface area contributed by atoms with Crippen LogP contribution >= 0.6 is 11.3 Å². The molecule has 0 bridgehead atoms. The second-order valence-electron chi connectivity index (χ2n) is 9.60. The number of thiazole rings is 1. The summed E-state index contributed by atoms with van der Waals surface area (Å²) in [4.78, 5) is 42.1. The highest BCUT2D eigenvalue weighted by molar-refractivity contribution is 7.92. The summed E-state index contributed by atoms with van der Waals surface area (Å²) in [7, 11) is -2.05. The van der Waals surface area contributed by atoms with Gasteiger partial charge >= 0.3 is 12.3 Å². The number of fused-ring (bicyclic) bond motifs is 1. The van der Waals surface area contributed by atoms with Gasteiger partial charge in [0.05, 0.1) is 36.0 Å². The molecule has 1 fully saturated rings. The minimum Gasteiger partial charge on any atom is -0.452 e. The molecule has 2 aromatic carbocycles. The Morgan fingerprint density at radius 3 is 2.43 bits per heavy atom. The quantitative estimate of drug-likeness (QED) is 0.322. The van der Waals surface area contributed by atoms with Crippen molar-refractivity contribution in [2.75, 3.05) is 31.4 Å². The van der Waals surface area contributed by atoms with E-state index in [2.05, 4.69) is 20.4 Å². The third-order valence-electron chi connectivity index (χ3n) is 6.37. The summed E-state index contributed by atoms with van der Waals surface area (Å²) in [6.07, 6.45) is -5.56. The Balaban J connectivity index is 1.65. The predicted octanol–water partition coefficient (Wildman–Crippen LogP) is 4.11. The maximum absolute atomic E-state index is 15.1. The van der Waals surface area contributed by atoms with Crippen LogP contribution in [0.25, 0.3) is 21.3 Å². The molecule has 3 aromatic rings. The van der Waals surface area contributed by atoms with Gasteiger partial charge in [-0.1, -0.05) is 12.1 Å². The van der Waals surface area contributed by atoms with Crippen LogP contribution in [0.2, 0.25) is 0 Å². The SMILES string of the molecule is COC(=O)N(C)c1ccc(-c2cc3sc(C(C(=O)NCC(=O)NC4CC4)S(=O)(=O)CCC(F)(F)F)nc3cc2F)cc1. The number of halogens is 4. The van der Waals surface area contributed by atoms with Gasteiger partial charge in [0.1, 0.15) is 10.8 Å². The van der Waals surface area contributed by atoms with Crippen molar-refractivity contribution in [3.63, 3.8) is 0 Å². The molecule has 2 N–H and O–H groups in total. The first-order valence-electron chi connectivity index (χ1n) is 12.6. The lowest BCUT2D eigenvalue weighted by Crippen LogP contribution is -2.41. The number of rotatable bonds is 10. The summed E-state index contributed by atoms with van der Waals surface area (Å²) in [6.45, 7) is -0.578. The van der Waals surface area contributed by atoms with E-state index in [0.29, 0.717) is 22.6 Å². The number of alkyl halides is 3. The number of nitrogens with one attached hydrogen (secondary N) is 2. The number of methoxy groups -OCH3 is 1. The first-order valence-corrected chi connectivity index (χ1v) is 15.1. The summed E-state index contributed by atoms with van der Waals surface area (Å²) in [5.74, 6) is -3.90. The zero-order valence-corrected chi connectivity index (χ0v) is 24.0. The van der Waals surface area contributed by atoms with Crippen molar-refractivity contribution in [1.82, 2.24) is 15.6 Å². The van der Waals surface area contributed by atoms with Crippen molar-refractivity contribution in [3.05, 3.63) is 47.2 Å². The molecule has 1 heterocycles. The van der Waals surface area contributed by atoms with Crippen molar-refractivity contribution >= 4 is 55.0 Å². The van der Waals surface area contributed by atoms with Gasteiger partial charge in [-0.3, -0.25) is 14.5 Å². The number of benzene rings is 2. The lowest BCUT2D eigenvalue weighted by atomic mass is 10.0. The molecule has 3 amide bonds. The Bertz CT molecular complexity index is 1610. The molecule has 1 aliphatic carbocycles. The Morgan fingerprint density at radius 2 is 1.83 bits per heavy atom. The van der Waals surface area contributed by atoms with E-state index in [1.165, 1.54) is 25.1 Å². The van der Waals surface area contributed by atoms with Crippen LogP contribution in [0, 0.1) is 5.82 Å². The monoisotopic (exact) mass is 630 g/mol. The van der Waals surface area contributed by atoms with Gasteiger partial charge in [0, 0.05) is 30.4 Å². The molecule has 1 aromatic heterocycles. The Morgan fingerprint density at radius 1 is 1.17 bits per heavy atom. The topological polar surface area (TPSA) is 135 Å². The van der Waals surface area contributed by atoms with Crippen molar-refractivity contribution < 1.29 is 45.1 Å². The van der Waals surface area contributed by atoms with Crippen LogP contribution in [-0.4, -0.2) is 70.0 Å². The number of anilines is 1. The van der Waals surface area contributed by atoms with Crippen LogP contribution < -0.4 is 15.5 Å². The number of hydrogen-bond acceptors (Lipinski definition) is 8. The molecular formula is C26H26F4N4O6S2. The number of aromatic nitrogens is 1. The molecule has 0 saturated heterocycles. The fourth-order valence-corrected chi connectivity index (χ4v) is 7.05. The molecule has 0 aliphatic heterocycles. The van der Waals surface area contributed by atoms with Crippen LogP contribution in [0.4, 0.5) is 28.0 Å². The molecule has 1 saturated carbocycles. The summed E-state index contributed by atoms with van der Waals surface area (Å²) in [6, 6.07) is 8.59. The third-order valence-corrected chi connectivity index (χ3v) is 9.53. The predicted molar refractivity (Wildman–Crippen MR) is 147 cm³/mol. The zero-order valence-electron chi connectivity index (χ0n) is 22.3. The van der Waals surface area contributed by atoms with Gasteiger partial charge in [0.2, 0.25) is 11.8 Å². The minimum atomic E-state index is -4.80. The van der Waals surface area contributed by atoms with E-state index in [1.807, 2.05) is 0 Å². The average Bonchev–Trinajstić information content (AvgIpc) is 3.66. The van der Waals surface area contributed by atoms with E-state index in [4.69, 9.17) is 0 Å². The molecule has 1 unspecified atom stereocenters. The summed E-state index contributed by atoms with van der Waals surface area (Å²) < 4.78 is 84.8. The molecule has 1 aliphatic rings. The van der Waals surface area contributed by atoms with Gasteiger partial charge in [-0.15, -0.1) is 11.3 Å². The highest BCUT2D eigenvalue weighted by atomic mass is 32.2. The maximum atomic E-state index is 15.1. The van der Waals surface area contributed by atoms with Gasteiger partial charge in [0.15, 0.2) is 15.1 Å². The number of amides is 3. The Hall–Kier alpha value is -3.79. The van der Waals surface area contributed by atoms with Crippen LogP contribution in [0.3, 0.4) is 0 Å². The zero-order chi connectivity index (χ0) is 30.8. The van der Waals surface area contributed by atoms with E-state index in [-0.39, 0.29) is 26.8 Å². The fourth-order valence-electron chi connectivity index (χ4n) is 3.98. The molecule has 226 valence electrons. The number of hydrogen-bond donors (Lipinski definition) is 2. The van der Waals surface area contributed by atoms with Crippen LogP contribution in [0.1, 0.15) is 29.5 Å². The highest BCUT2D eigenvalue weighted by Gasteiger charge is 2.40. The molecular weight excluding hydrogens is 604 g/mol. The number of sulfone groups is 1. The molecule has 42 heavy (non-hydrogen) atoms. The first-order chi connectivity index (χ1) is 19.7. The second kappa shape index (κ2) is 12.2. The van der Waals surface area contributed by atoms with Gasteiger partial charge in [-0.2, -0.15) is 13.2 Å². The number of nitrogens with zero attached hydrogens (tertiary/aromatic N) is 2. The molecule has 0 radical (unpaired) electrons. The molecule has 0 spiro atoms. The van der Waals surface area contributed by atoms with Crippen molar-refractivity contribution in [1.29, 1.82) is 0 Å². The molecule has 16 heteroatoms. The van der Waals surface area contributed by atoms with Crippen LogP contribution in [-0.2, 0) is 24.2 Å². The lowest BCUT2D eigenvalue weighted by Gasteiger charge is -2.16. The van der Waals surface area contributed by atoms with E-state index in [9.17, 15) is 36.0 Å². The first kappa shape index (κ1) is 31.2. The normalized spacial score (nSPS) is 14.3. The molecule has 10 nitrogen and oxygen atoms in total. The van der Waals surface area contributed by atoms with E-state index < -0.39 is 63.7 Å². The number of ether oxygens (including phenoxy) is 1. The molecule has 4 rings (SSSR count). The minimum absolute atomic E-state index is 0.00593. The Kier molecular flexibility index (Phi) is 9.06. The maximum Gasteiger partial charge on any atom is 0.413 e. The summed E-state index contributed by atoms with van der Waals surface area (Å²) >= 11 is 0.712. The Labute approximate surface area is 242 Å². The summed E-state index contributed by atoms with van der Waals surface area (Å²) in [5.41, 5.74) is 0.965. The second-order valence-corrected chi connectivity index (χ2v) is 12.9. The lowest BCUT2D eigenvalue weighted by molar-refractivity contribution is -0.130. The van der Waals surface area contributed by atoms with Gasteiger partial charge in [-0.05, 0) is 36.6 Å².